The fraction of sp³-hybridized carbons (Fsp3) is 0.750. The summed E-state index contributed by atoms with van der Waals surface area (Å²) < 4.78 is 10.1. The van der Waals surface area contributed by atoms with Crippen LogP contribution in [-0.2, 0) is 28.7 Å². The summed E-state index contributed by atoms with van der Waals surface area (Å²) in [6.45, 7) is 9.90. The van der Waals surface area contributed by atoms with Crippen molar-refractivity contribution >= 4 is 23.8 Å². The number of amides is 1. The van der Waals surface area contributed by atoms with Gasteiger partial charge in [-0.05, 0) is 41.5 Å². The molecule has 0 spiro atoms. The topological polar surface area (TPSA) is 145 Å². The third-order valence-corrected chi connectivity index (χ3v) is 2.55. The van der Waals surface area contributed by atoms with Gasteiger partial charge in [-0.1, -0.05) is 0 Å². The number of ether oxygens (including phenoxy) is 2. The SMILES string of the molecule is CC(C)(C)OC(=O)CC(N)C(=O)N[C@@H](CC(=O)OC(C)(C)C)C(=O)O. The molecule has 1 amide bonds. The Morgan fingerprint density at radius 3 is 1.68 bits per heavy atom. The molecule has 0 aromatic carbocycles. The van der Waals surface area contributed by atoms with Crippen molar-refractivity contribution in [2.75, 3.05) is 0 Å². The third-order valence-electron chi connectivity index (χ3n) is 2.55. The summed E-state index contributed by atoms with van der Waals surface area (Å²) >= 11 is 0. The zero-order valence-electron chi connectivity index (χ0n) is 15.5. The number of carbonyl (C=O) groups excluding carboxylic acids is 3. The van der Waals surface area contributed by atoms with Gasteiger partial charge in [-0.25, -0.2) is 4.79 Å². The Morgan fingerprint density at radius 1 is 0.920 bits per heavy atom. The number of hydrogen-bond donors (Lipinski definition) is 3. The summed E-state index contributed by atoms with van der Waals surface area (Å²) in [7, 11) is 0. The molecular weight excluding hydrogens is 332 g/mol. The minimum absolute atomic E-state index is 0.415. The van der Waals surface area contributed by atoms with E-state index < -0.39 is 59.9 Å². The van der Waals surface area contributed by atoms with Gasteiger partial charge in [0.1, 0.15) is 17.2 Å². The first-order valence-electron chi connectivity index (χ1n) is 7.83. The average Bonchev–Trinajstić information content (AvgIpc) is 2.32. The van der Waals surface area contributed by atoms with Crippen LogP contribution in [0.2, 0.25) is 0 Å². The first kappa shape index (κ1) is 22.8. The predicted octanol–water partition coefficient (Wildman–Crippen LogP) is 0.347. The third kappa shape index (κ3) is 11.1. The van der Waals surface area contributed by atoms with E-state index in [9.17, 15) is 19.2 Å². The molecule has 0 aliphatic rings. The van der Waals surface area contributed by atoms with E-state index in [-0.39, 0.29) is 0 Å². The lowest BCUT2D eigenvalue weighted by Gasteiger charge is -2.23. The second-order valence-electron chi connectivity index (χ2n) is 7.59. The fourth-order valence-electron chi connectivity index (χ4n) is 1.68. The van der Waals surface area contributed by atoms with Crippen LogP contribution < -0.4 is 11.1 Å². The maximum atomic E-state index is 12.0. The number of esters is 2. The summed E-state index contributed by atoms with van der Waals surface area (Å²) in [6, 6.07) is -2.80. The molecule has 0 aromatic rings. The van der Waals surface area contributed by atoms with E-state index in [2.05, 4.69) is 5.32 Å². The standard InChI is InChI=1S/C16H28N2O7/c1-15(2,3)24-11(19)7-9(17)13(21)18-10(14(22)23)8-12(20)25-16(4,5)6/h9-10H,7-8,17H2,1-6H3,(H,18,21)(H,22,23)/t9?,10-/m0/s1. The molecule has 2 atom stereocenters. The van der Waals surface area contributed by atoms with Crippen molar-refractivity contribution in [3.8, 4) is 0 Å². The molecule has 0 aromatic heterocycles. The number of hydrogen-bond acceptors (Lipinski definition) is 7. The Hall–Kier alpha value is -2.16. The summed E-state index contributed by atoms with van der Waals surface area (Å²) in [5.41, 5.74) is 4.09. The van der Waals surface area contributed by atoms with Gasteiger partial charge in [0.05, 0.1) is 18.9 Å². The highest BCUT2D eigenvalue weighted by Gasteiger charge is 2.29. The van der Waals surface area contributed by atoms with Crippen LogP contribution >= 0.6 is 0 Å². The molecule has 0 aliphatic carbocycles. The van der Waals surface area contributed by atoms with Gasteiger partial charge in [0.2, 0.25) is 5.91 Å². The molecule has 144 valence electrons. The number of carboxylic acids is 1. The maximum Gasteiger partial charge on any atom is 0.326 e. The van der Waals surface area contributed by atoms with Crippen molar-refractivity contribution in [1.82, 2.24) is 5.32 Å². The summed E-state index contributed by atoms with van der Waals surface area (Å²) in [6.07, 6.45) is -0.973. The molecule has 0 bridgehead atoms. The van der Waals surface area contributed by atoms with Crippen molar-refractivity contribution in [2.24, 2.45) is 5.73 Å². The molecule has 0 aliphatic heterocycles. The molecular formula is C16H28N2O7. The zero-order chi connectivity index (χ0) is 20.0. The van der Waals surface area contributed by atoms with Crippen molar-refractivity contribution in [2.45, 2.75) is 77.7 Å². The predicted molar refractivity (Wildman–Crippen MR) is 88.5 cm³/mol. The van der Waals surface area contributed by atoms with Crippen LogP contribution in [0.3, 0.4) is 0 Å². The van der Waals surface area contributed by atoms with Gasteiger partial charge < -0.3 is 25.6 Å². The number of nitrogens with two attached hydrogens (primary N) is 1. The molecule has 0 saturated carbocycles. The highest BCUT2D eigenvalue weighted by molar-refractivity contribution is 5.91. The van der Waals surface area contributed by atoms with Crippen LogP contribution in [-0.4, -0.2) is 52.2 Å². The van der Waals surface area contributed by atoms with Gasteiger partial charge in [0.25, 0.3) is 0 Å². The normalized spacial score (nSPS) is 14.2. The van der Waals surface area contributed by atoms with E-state index in [0.29, 0.717) is 0 Å². The number of carbonyl (C=O) groups is 4. The maximum absolute atomic E-state index is 12.0. The minimum Gasteiger partial charge on any atom is -0.480 e. The van der Waals surface area contributed by atoms with Gasteiger partial charge in [0, 0.05) is 0 Å². The van der Waals surface area contributed by atoms with E-state index in [1.54, 1.807) is 41.5 Å². The van der Waals surface area contributed by atoms with E-state index in [1.807, 2.05) is 0 Å². The van der Waals surface area contributed by atoms with Gasteiger partial charge in [0.15, 0.2) is 0 Å². The molecule has 25 heavy (non-hydrogen) atoms. The summed E-state index contributed by atoms with van der Waals surface area (Å²) in [4.78, 5) is 46.6. The Kier molecular flexibility index (Phi) is 8.04. The Labute approximate surface area is 147 Å². The number of carboxylic acid groups (broad SMARTS) is 1. The van der Waals surface area contributed by atoms with Crippen molar-refractivity contribution < 1.29 is 33.8 Å². The van der Waals surface area contributed by atoms with Crippen LogP contribution in [0, 0.1) is 0 Å². The zero-order valence-corrected chi connectivity index (χ0v) is 15.5. The molecule has 0 radical (unpaired) electrons. The quantitative estimate of drug-likeness (QED) is 0.551. The second kappa shape index (κ2) is 8.80. The van der Waals surface area contributed by atoms with E-state index >= 15 is 0 Å². The van der Waals surface area contributed by atoms with Crippen LogP contribution in [0.4, 0.5) is 0 Å². The van der Waals surface area contributed by atoms with Gasteiger partial charge >= 0.3 is 17.9 Å². The lowest BCUT2D eigenvalue weighted by molar-refractivity contribution is -0.159. The Morgan fingerprint density at radius 2 is 1.32 bits per heavy atom. The first-order chi connectivity index (χ1) is 11.1. The molecule has 0 saturated heterocycles. The van der Waals surface area contributed by atoms with E-state index in [0.717, 1.165) is 0 Å². The molecule has 0 fully saturated rings. The lowest BCUT2D eigenvalue weighted by Crippen LogP contribution is -2.50. The summed E-state index contributed by atoms with van der Waals surface area (Å²) in [5, 5.41) is 11.3. The highest BCUT2D eigenvalue weighted by atomic mass is 16.6. The van der Waals surface area contributed by atoms with E-state index in [4.69, 9.17) is 20.3 Å². The fourth-order valence-corrected chi connectivity index (χ4v) is 1.68. The monoisotopic (exact) mass is 360 g/mol. The number of rotatable bonds is 7. The van der Waals surface area contributed by atoms with Crippen LogP contribution in [0.25, 0.3) is 0 Å². The molecule has 0 rings (SSSR count). The van der Waals surface area contributed by atoms with Crippen molar-refractivity contribution in [1.29, 1.82) is 0 Å². The van der Waals surface area contributed by atoms with Crippen LogP contribution in [0.1, 0.15) is 54.4 Å². The van der Waals surface area contributed by atoms with Crippen LogP contribution in [0.15, 0.2) is 0 Å². The van der Waals surface area contributed by atoms with Gasteiger partial charge in [-0.3, -0.25) is 14.4 Å². The second-order valence-corrected chi connectivity index (χ2v) is 7.59. The molecule has 9 nitrogen and oxygen atoms in total. The molecule has 1 unspecified atom stereocenters. The molecule has 4 N–H and O–H groups in total. The first-order valence-corrected chi connectivity index (χ1v) is 7.83. The number of aliphatic carboxylic acids is 1. The Balaban J connectivity index is 4.71. The lowest BCUT2D eigenvalue weighted by atomic mass is 10.1. The van der Waals surface area contributed by atoms with Crippen molar-refractivity contribution in [3.63, 3.8) is 0 Å². The minimum atomic E-state index is -1.51. The van der Waals surface area contributed by atoms with Crippen molar-refractivity contribution in [3.05, 3.63) is 0 Å². The van der Waals surface area contributed by atoms with Gasteiger partial charge in [-0.15, -0.1) is 0 Å². The van der Waals surface area contributed by atoms with E-state index in [1.165, 1.54) is 0 Å². The smallest absolute Gasteiger partial charge is 0.326 e. The van der Waals surface area contributed by atoms with Gasteiger partial charge in [-0.2, -0.15) is 0 Å². The summed E-state index contributed by atoms with van der Waals surface area (Å²) in [5.74, 6) is -3.75. The molecule has 0 heterocycles. The highest BCUT2D eigenvalue weighted by Crippen LogP contribution is 2.11. The molecule has 9 heteroatoms. The number of nitrogens with one attached hydrogen (secondary N) is 1. The average molecular weight is 360 g/mol. The largest absolute Gasteiger partial charge is 0.480 e. The Bertz CT molecular complexity index is 518. The van der Waals surface area contributed by atoms with Crippen LogP contribution in [0.5, 0.6) is 0 Å².